The highest BCUT2D eigenvalue weighted by Gasteiger charge is 2.62. The molecule has 1 N–H and O–H groups in total. The number of carbonyl (C=O) groups excluding carboxylic acids is 1. The van der Waals surface area contributed by atoms with E-state index in [0.717, 1.165) is 32.1 Å². The molecule has 0 saturated heterocycles. The van der Waals surface area contributed by atoms with Crippen LogP contribution in [0.4, 0.5) is 0 Å². The van der Waals surface area contributed by atoms with Crippen LogP contribution in [0.3, 0.4) is 0 Å². The van der Waals surface area contributed by atoms with Crippen molar-refractivity contribution in [3.8, 4) is 0 Å². The van der Waals surface area contributed by atoms with Gasteiger partial charge in [0, 0.05) is 5.41 Å². The number of carboxylic acid groups (broad SMARTS) is 1. The average Bonchev–Trinajstić information content (AvgIpc) is 3.13. The van der Waals surface area contributed by atoms with Gasteiger partial charge in [-0.1, -0.05) is 33.6 Å². The normalized spacial score (nSPS) is 36.5. The van der Waals surface area contributed by atoms with Crippen LogP contribution in [0.5, 0.6) is 0 Å². The van der Waals surface area contributed by atoms with Crippen molar-refractivity contribution in [1.29, 1.82) is 0 Å². The standard InChI is InChI=1S/C18H28O4/c1-16(2,3)18(11-12-6-7-13(18)10-12)22-15(21)17(14(19)20)8-4-5-9-17/h12-13H,4-11H2,1-3H3,(H,19,20). The highest BCUT2D eigenvalue weighted by molar-refractivity contribution is 5.99. The maximum Gasteiger partial charge on any atom is 0.324 e. The van der Waals surface area contributed by atoms with Gasteiger partial charge in [-0.05, 0) is 50.4 Å². The lowest BCUT2D eigenvalue weighted by Crippen LogP contribution is -2.54. The van der Waals surface area contributed by atoms with Gasteiger partial charge < -0.3 is 9.84 Å². The van der Waals surface area contributed by atoms with Gasteiger partial charge in [-0.15, -0.1) is 0 Å². The molecule has 0 heterocycles. The molecule has 22 heavy (non-hydrogen) atoms. The fraction of sp³-hybridized carbons (Fsp3) is 0.889. The smallest absolute Gasteiger partial charge is 0.324 e. The first-order valence-electron chi connectivity index (χ1n) is 8.68. The van der Waals surface area contributed by atoms with E-state index in [0.29, 0.717) is 24.7 Å². The minimum Gasteiger partial charge on any atom is -0.480 e. The van der Waals surface area contributed by atoms with Crippen LogP contribution in [0, 0.1) is 22.7 Å². The van der Waals surface area contributed by atoms with Gasteiger partial charge >= 0.3 is 11.9 Å². The average molecular weight is 308 g/mol. The van der Waals surface area contributed by atoms with Crippen LogP contribution in [-0.2, 0) is 14.3 Å². The summed E-state index contributed by atoms with van der Waals surface area (Å²) in [5, 5.41) is 9.63. The molecular formula is C18H28O4. The fourth-order valence-electron chi connectivity index (χ4n) is 5.22. The van der Waals surface area contributed by atoms with E-state index in [9.17, 15) is 14.7 Å². The lowest BCUT2D eigenvalue weighted by atomic mass is 9.67. The summed E-state index contributed by atoms with van der Waals surface area (Å²) >= 11 is 0. The SMILES string of the molecule is CC(C)(C)C1(OC(=O)C2(C(=O)O)CCCC2)CC2CCC1C2. The van der Waals surface area contributed by atoms with E-state index in [1.165, 1.54) is 6.42 Å². The van der Waals surface area contributed by atoms with Crippen molar-refractivity contribution in [3.63, 3.8) is 0 Å². The Hall–Kier alpha value is -1.06. The predicted octanol–water partition coefficient (Wildman–Crippen LogP) is 3.78. The molecule has 0 aromatic rings. The Kier molecular flexibility index (Phi) is 3.57. The van der Waals surface area contributed by atoms with Crippen LogP contribution >= 0.6 is 0 Å². The third kappa shape index (κ3) is 2.10. The van der Waals surface area contributed by atoms with Crippen molar-refractivity contribution in [2.24, 2.45) is 22.7 Å². The Morgan fingerprint density at radius 2 is 1.77 bits per heavy atom. The van der Waals surface area contributed by atoms with E-state index in [1.807, 2.05) is 0 Å². The number of hydrogen-bond acceptors (Lipinski definition) is 3. The van der Waals surface area contributed by atoms with E-state index in [2.05, 4.69) is 20.8 Å². The van der Waals surface area contributed by atoms with Crippen molar-refractivity contribution in [1.82, 2.24) is 0 Å². The van der Waals surface area contributed by atoms with Crippen molar-refractivity contribution >= 4 is 11.9 Å². The molecule has 0 radical (unpaired) electrons. The van der Waals surface area contributed by atoms with Gasteiger partial charge in [0.2, 0.25) is 0 Å². The van der Waals surface area contributed by atoms with E-state index < -0.39 is 23.0 Å². The Balaban J connectivity index is 1.89. The zero-order valence-corrected chi connectivity index (χ0v) is 14.0. The molecular weight excluding hydrogens is 280 g/mol. The van der Waals surface area contributed by atoms with Crippen LogP contribution in [0.15, 0.2) is 0 Å². The summed E-state index contributed by atoms with van der Waals surface area (Å²) in [6.07, 6.45) is 6.82. The van der Waals surface area contributed by atoms with Gasteiger partial charge in [0.1, 0.15) is 5.60 Å². The molecule has 3 atom stereocenters. The van der Waals surface area contributed by atoms with Crippen molar-refractivity contribution in [3.05, 3.63) is 0 Å². The molecule has 2 bridgehead atoms. The molecule has 3 aliphatic rings. The first kappa shape index (κ1) is 15.8. The summed E-state index contributed by atoms with van der Waals surface area (Å²) in [6.45, 7) is 6.38. The number of ether oxygens (including phenoxy) is 1. The molecule has 0 aliphatic heterocycles. The lowest BCUT2D eigenvalue weighted by Gasteiger charge is -2.48. The summed E-state index contributed by atoms with van der Waals surface area (Å²) < 4.78 is 6.13. The number of rotatable bonds is 3. The van der Waals surface area contributed by atoms with Crippen molar-refractivity contribution in [2.45, 2.75) is 77.7 Å². The summed E-state index contributed by atoms with van der Waals surface area (Å²) in [6, 6.07) is 0. The number of esters is 1. The van der Waals surface area contributed by atoms with Gasteiger partial charge in [-0.2, -0.15) is 0 Å². The van der Waals surface area contributed by atoms with Crippen LogP contribution < -0.4 is 0 Å². The zero-order valence-electron chi connectivity index (χ0n) is 14.0. The molecule has 3 rings (SSSR count). The maximum absolute atomic E-state index is 12.9. The Morgan fingerprint density at radius 3 is 2.18 bits per heavy atom. The summed E-state index contributed by atoms with van der Waals surface area (Å²) in [7, 11) is 0. The van der Waals surface area contributed by atoms with Gasteiger partial charge in [-0.3, -0.25) is 9.59 Å². The fourth-order valence-corrected chi connectivity index (χ4v) is 5.22. The second-order valence-electron chi connectivity index (χ2n) is 8.70. The van der Waals surface area contributed by atoms with E-state index in [1.54, 1.807) is 0 Å². The van der Waals surface area contributed by atoms with Crippen LogP contribution in [0.2, 0.25) is 0 Å². The lowest BCUT2D eigenvalue weighted by molar-refractivity contribution is -0.199. The Bertz CT molecular complexity index is 484. The summed E-state index contributed by atoms with van der Waals surface area (Å²) in [5.41, 5.74) is -1.92. The molecule has 3 fully saturated rings. The number of hydrogen-bond donors (Lipinski definition) is 1. The van der Waals surface area contributed by atoms with Crippen LogP contribution in [-0.4, -0.2) is 22.6 Å². The third-order valence-electron chi connectivity index (χ3n) is 6.59. The molecule has 4 heteroatoms. The topological polar surface area (TPSA) is 63.6 Å². The first-order chi connectivity index (χ1) is 10.2. The minimum absolute atomic E-state index is 0.152. The number of fused-ring (bicyclic) bond motifs is 2. The van der Waals surface area contributed by atoms with Crippen molar-refractivity contribution < 1.29 is 19.4 Å². The minimum atomic E-state index is -1.29. The molecule has 3 saturated carbocycles. The molecule has 0 aromatic heterocycles. The van der Waals surface area contributed by atoms with E-state index >= 15 is 0 Å². The molecule has 124 valence electrons. The molecule has 0 aromatic carbocycles. The molecule has 0 spiro atoms. The summed E-state index contributed by atoms with van der Waals surface area (Å²) in [4.78, 5) is 24.6. The second-order valence-corrected chi connectivity index (χ2v) is 8.70. The summed E-state index contributed by atoms with van der Waals surface area (Å²) in [5.74, 6) is -0.433. The predicted molar refractivity (Wildman–Crippen MR) is 82.3 cm³/mol. The van der Waals surface area contributed by atoms with Gasteiger partial charge in [0.05, 0.1) is 0 Å². The monoisotopic (exact) mass is 308 g/mol. The number of carbonyl (C=O) groups is 2. The van der Waals surface area contributed by atoms with Gasteiger partial charge in [0.25, 0.3) is 0 Å². The van der Waals surface area contributed by atoms with Crippen LogP contribution in [0.25, 0.3) is 0 Å². The third-order valence-corrected chi connectivity index (χ3v) is 6.59. The Morgan fingerprint density at radius 1 is 1.14 bits per heavy atom. The molecule has 3 unspecified atom stereocenters. The largest absolute Gasteiger partial charge is 0.480 e. The highest BCUT2D eigenvalue weighted by atomic mass is 16.6. The van der Waals surface area contributed by atoms with Crippen LogP contribution in [0.1, 0.15) is 72.1 Å². The Labute approximate surface area is 132 Å². The second kappa shape index (κ2) is 4.97. The first-order valence-corrected chi connectivity index (χ1v) is 8.68. The van der Waals surface area contributed by atoms with E-state index in [4.69, 9.17) is 4.74 Å². The number of aliphatic carboxylic acids is 1. The van der Waals surface area contributed by atoms with Gasteiger partial charge in [-0.25, -0.2) is 0 Å². The zero-order chi connectivity index (χ0) is 16.2. The molecule has 0 amide bonds. The maximum atomic E-state index is 12.9. The van der Waals surface area contributed by atoms with Gasteiger partial charge in [0.15, 0.2) is 5.41 Å². The quantitative estimate of drug-likeness (QED) is 0.636. The molecule has 4 nitrogen and oxygen atoms in total. The molecule has 3 aliphatic carbocycles. The highest BCUT2D eigenvalue weighted by Crippen LogP contribution is 2.60. The van der Waals surface area contributed by atoms with E-state index in [-0.39, 0.29) is 5.41 Å². The number of carboxylic acids is 1. The van der Waals surface area contributed by atoms with Crippen molar-refractivity contribution in [2.75, 3.05) is 0 Å².